The standard InChI is InChI=1S/C21H16ClN3O4/c1-28-15-6-3-13(4-7-15)23-21(27)24-14-5-9-18-16(11-14)20(26)25-17-10-12(22)2-8-19(17)29-18/h2-11H,1H3,(H,25,26)(H2,23,24,27). The van der Waals surface area contributed by atoms with E-state index in [0.717, 1.165) is 0 Å². The SMILES string of the molecule is COc1ccc(NC(=O)Nc2ccc3c(c2)C(=O)Nc2cc(Cl)ccc2O3)cc1. The van der Waals surface area contributed by atoms with Gasteiger partial charge in [-0.25, -0.2) is 4.79 Å². The molecule has 8 heteroatoms. The average molecular weight is 410 g/mol. The fourth-order valence-electron chi connectivity index (χ4n) is 2.84. The Labute approximate surface area is 171 Å². The minimum atomic E-state index is -0.444. The van der Waals surface area contributed by atoms with Crippen molar-refractivity contribution in [3.05, 3.63) is 71.2 Å². The molecule has 0 saturated heterocycles. The monoisotopic (exact) mass is 409 g/mol. The van der Waals surface area contributed by atoms with Crippen LogP contribution in [0.3, 0.4) is 0 Å². The molecular formula is C21H16ClN3O4. The second-order valence-corrected chi connectivity index (χ2v) is 6.65. The molecule has 146 valence electrons. The highest BCUT2D eigenvalue weighted by Crippen LogP contribution is 2.37. The number of carbonyl (C=O) groups is 2. The number of anilines is 3. The lowest BCUT2D eigenvalue weighted by molar-refractivity contribution is 0.102. The van der Waals surface area contributed by atoms with Crippen molar-refractivity contribution in [3.63, 3.8) is 0 Å². The molecule has 1 aliphatic rings. The van der Waals surface area contributed by atoms with Crippen molar-refractivity contribution >= 4 is 40.6 Å². The first-order valence-corrected chi connectivity index (χ1v) is 9.04. The Balaban J connectivity index is 1.51. The van der Waals surface area contributed by atoms with Gasteiger partial charge in [0.15, 0.2) is 5.75 Å². The van der Waals surface area contributed by atoms with E-state index in [2.05, 4.69) is 16.0 Å². The summed E-state index contributed by atoms with van der Waals surface area (Å²) in [5.41, 5.74) is 1.81. The van der Waals surface area contributed by atoms with E-state index in [1.807, 2.05) is 0 Å². The van der Waals surface area contributed by atoms with E-state index in [1.165, 1.54) is 0 Å². The Kier molecular flexibility index (Phi) is 4.97. The number of ether oxygens (including phenoxy) is 2. The zero-order valence-corrected chi connectivity index (χ0v) is 16.0. The van der Waals surface area contributed by atoms with Crippen molar-refractivity contribution in [1.82, 2.24) is 0 Å². The minimum absolute atomic E-state index is 0.291. The maximum absolute atomic E-state index is 12.6. The molecule has 3 amide bonds. The first-order valence-electron chi connectivity index (χ1n) is 8.67. The highest BCUT2D eigenvalue weighted by atomic mass is 35.5. The highest BCUT2D eigenvalue weighted by Gasteiger charge is 2.21. The number of carbonyl (C=O) groups excluding carboxylic acids is 2. The van der Waals surface area contributed by atoms with Crippen molar-refractivity contribution in [1.29, 1.82) is 0 Å². The highest BCUT2D eigenvalue weighted by molar-refractivity contribution is 6.31. The number of hydrogen-bond donors (Lipinski definition) is 3. The summed E-state index contributed by atoms with van der Waals surface area (Å²) in [6, 6.07) is 16.3. The van der Waals surface area contributed by atoms with Gasteiger partial charge in [-0.3, -0.25) is 4.79 Å². The third kappa shape index (κ3) is 4.09. The molecule has 3 aromatic rings. The molecule has 3 aromatic carbocycles. The van der Waals surface area contributed by atoms with E-state index < -0.39 is 6.03 Å². The molecule has 29 heavy (non-hydrogen) atoms. The minimum Gasteiger partial charge on any atom is -0.497 e. The van der Waals surface area contributed by atoms with Gasteiger partial charge in [0.05, 0.1) is 18.4 Å². The van der Waals surface area contributed by atoms with Crippen molar-refractivity contribution in [3.8, 4) is 17.2 Å². The molecule has 0 bridgehead atoms. The summed E-state index contributed by atoms with van der Waals surface area (Å²) < 4.78 is 10.9. The maximum atomic E-state index is 12.6. The summed E-state index contributed by atoms with van der Waals surface area (Å²) >= 11 is 5.99. The van der Waals surface area contributed by atoms with Gasteiger partial charge in [0.1, 0.15) is 11.5 Å². The van der Waals surface area contributed by atoms with E-state index >= 15 is 0 Å². The van der Waals surface area contributed by atoms with Crippen LogP contribution < -0.4 is 25.4 Å². The second kappa shape index (κ2) is 7.73. The average Bonchev–Trinajstić information content (AvgIpc) is 2.84. The molecule has 3 N–H and O–H groups in total. The van der Waals surface area contributed by atoms with Crippen LogP contribution in [-0.2, 0) is 0 Å². The van der Waals surface area contributed by atoms with Crippen molar-refractivity contribution < 1.29 is 19.1 Å². The summed E-state index contributed by atoms with van der Waals surface area (Å²) in [5, 5.41) is 8.66. The third-order valence-corrected chi connectivity index (χ3v) is 4.47. The molecule has 0 aliphatic carbocycles. The molecular weight excluding hydrogens is 394 g/mol. The van der Waals surface area contributed by atoms with Gasteiger partial charge in [-0.05, 0) is 60.7 Å². The van der Waals surface area contributed by atoms with Crippen LogP contribution in [0.2, 0.25) is 5.02 Å². The lowest BCUT2D eigenvalue weighted by Crippen LogP contribution is -2.20. The lowest BCUT2D eigenvalue weighted by Gasteiger charge is -2.11. The molecule has 0 atom stereocenters. The first-order chi connectivity index (χ1) is 14.0. The fraction of sp³-hybridized carbons (Fsp3) is 0.0476. The summed E-state index contributed by atoms with van der Waals surface area (Å²) in [5.74, 6) is 1.19. The molecule has 0 aromatic heterocycles. The number of nitrogens with one attached hydrogen (secondary N) is 3. The van der Waals surface area contributed by atoms with Crippen LogP contribution >= 0.6 is 11.6 Å². The predicted octanol–water partition coefficient (Wildman–Crippen LogP) is 5.35. The van der Waals surface area contributed by atoms with E-state index in [1.54, 1.807) is 67.8 Å². The molecule has 0 radical (unpaired) electrons. The number of urea groups is 1. The smallest absolute Gasteiger partial charge is 0.323 e. The van der Waals surface area contributed by atoms with Gasteiger partial charge in [-0.2, -0.15) is 0 Å². The van der Waals surface area contributed by atoms with Gasteiger partial charge >= 0.3 is 6.03 Å². The summed E-state index contributed by atoms with van der Waals surface area (Å²) in [4.78, 5) is 24.9. The largest absolute Gasteiger partial charge is 0.497 e. The summed E-state index contributed by atoms with van der Waals surface area (Å²) in [6.45, 7) is 0. The van der Waals surface area contributed by atoms with Gasteiger partial charge in [0.2, 0.25) is 0 Å². The fourth-order valence-corrected chi connectivity index (χ4v) is 3.01. The molecule has 4 rings (SSSR count). The number of hydrogen-bond acceptors (Lipinski definition) is 4. The molecule has 1 aliphatic heterocycles. The zero-order chi connectivity index (χ0) is 20.4. The maximum Gasteiger partial charge on any atom is 0.323 e. The van der Waals surface area contributed by atoms with Crippen LogP contribution in [0.25, 0.3) is 0 Å². The molecule has 0 spiro atoms. The first kappa shape index (κ1) is 18.6. The van der Waals surface area contributed by atoms with E-state index in [-0.39, 0.29) is 5.91 Å². The van der Waals surface area contributed by atoms with Gasteiger partial charge in [0.25, 0.3) is 5.91 Å². The Hall–Kier alpha value is -3.71. The van der Waals surface area contributed by atoms with Crippen LogP contribution in [0, 0.1) is 0 Å². The Morgan fingerprint density at radius 1 is 0.966 bits per heavy atom. The van der Waals surface area contributed by atoms with Gasteiger partial charge in [0, 0.05) is 16.4 Å². The number of benzene rings is 3. The third-order valence-electron chi connectivity index (χ3n) is 4.24. The lowest BCUT2D eigenvalue weighted by atomic mass is 10.1. The van der Waals surface area contributed by atoms with Crippen LogP contribution in [-0.4, -0.2) is 19.0 Å². The number of rotatable bonds is 3. The number of halogens is 1. The van der Waals surface area contributed by atoms with Gasteiger partial charge < -0.3 is 25.4 Å². The van der Waals surface area contributed by atoms with Crippen LogP contribution in [0.5, 0.6) is 17.2 Å². The number of methoxy groups -OCH3 is 1. The van der Waals surface area contributed by atoms with Crippen LogP contribution in [0.4, 0.5) is 21.9 Å². The second-order valence-electron chi connectivity index (χ2n) is 6.22. The van der Waals surface area contributed by atoms with Crippen molar-refractivity contribution in [2.45, 2.75) is 0 Å². The number of fused-ring (bicyclic) bond motifs is 2. The van der Waals surface area contributed by atoms with Crippen LogP contribution in [0.15, 0.2) is 60.7 Å². The van der Waals surface area contributed by atoms with E-state index in [9.17, 15) is 9.59 Å². The molecule has 0 saturated carbocycles. The topological polar surface area (TPSA) is 88.7 Å². The van der Waals surface area contributed by atoms with Gasteiger partial charge in [-0.1, -0.05) is 11.6 Å². The molecule has 0 fully saturated rings. The molecule has 7 nitrogen and oxygen atoms in total. The number of amides is 3. The van der Waals surface area contributed by atoms with Crippen molar-refractivity contribution in [2.24, 2.45) is 0 Å². The normalized spacial score (nSPS) is 11.9. The predicted molar refractivity (Wildman–Crippen MR) is 112 cm³/mol. The zero-order valence-electron chi connectivity index (χ0n) is 15.3. The van der Waals surface area contributed by atoms with Crippen LogP contribution in [0.1, 0.15) is 10.4 Å². The summed E-state index contributed by atoms with van der Waals surface area (Å²) in [6.07, 6.45) is 0. The van der Waals surface area contributed by atoms with Crippen molar-refractivity contribution in [2.75, 3.05) is 23.1 Å². The Morgan fingerprint density at radius 3 is 2.41 bits per heavy atom. The van der Waals surface area contributed by atoms with Gasteiger partial charge in [-0.15, -0.1) is 0 Å². The van der Waals surface area contributed by atoms with E-state index in [4.69, 9.17) is 21.1 Å². The summed E-state index contributed by atoms with van der Waals surface area (Å²) in [7, 11) is 1.57. The van der Waals surface area contributed by atoms with E-state index in [0.29, 0.717) is 44.9 Å². The quantitative estimate of drug-likeness (QED) is 0.544. The molecule has 1 heterocycles. The Morgan fingerprint density at radius 2 is 1.66 bits per heavy atom. The Bertz CT molecular complexity index is 1100. The molecule has 0 unspecified atom stereocenters.